The minimum Gasteiger partial charge on any atom is -0.348 e. The van der Waals surface area contributed by atoms with Crippen molar-refractivity contribution in [3.63, 3.8) is 0 Å². The predicted octanol–water partition coefficient (Wildman–Crippen LogP) is 3.70. The number of fused-ring (bicyclic) bond motifs is 1. The Kier molecular flexibility index (Phi) is 4.21. The topological polar surface area (TPSA) is 72.7 Å². The summed E-state index contributed by atoms with van der Waals surface area (Å²) in [5.41, 5.74) is 4.13. The number of amides is 1. The maximum Gasteiger partial charge on any atom is 0.252 e. The van der Waals surface area contributed by atoms with E-state index in [2.05, 4.69) is 31.1 Å². The number of nitrogens with zero attached hydrogens (tertiary/aromatic N) is 4. The van der Waals surface area contributed by atoms with Crippen molar-refractivity contribution in [1.29, 1.82) is 0 Å². The highest BCUT2D eigenvalue weighted by Gasteiger charge is 2.30. The third kappa shape index (κ3) is 3.44. The standard InChI is InChI=1S/C21H25N5O/c1-13-18-16(20(27)23-12-14-7-9-22-10-8-14)11-17(15-5-6-15)24-19(18)26(25-13)21(2,3)4/h7-11,15H,5-6,12H2,1-4H3,(H,23,27). The molecule has 0 radical (unpaired) electrons. The van der Waals surface area contributed by atoms with E-state index in [0.29, 0.717) is 18.0 Å². The minimum atomic E-state index is -0.202. The monoisotopic (exact) mass is 363 g/mol. The first-order valence-corrected chi connectivity index (χ1v) is 9.42. The largest absolute Gasteiger partial charge is 0.348 e. The maximum absolute atomic E-state index is 13.0. The van der Waals surface area contributed by atoms with Crippen molar-refractivity contribution in [3.8, 4) is 0 Å². The smallest absolute Gasteiger partial charge is 0.252 e. The molecule has 0 aromatic carbocycles. The molecule has 0 aliphatic heterocycles. The van der Waals surface area contributed by atoms with Crippen molar-refractivity contribution < 1.29 is 4.79 Å². The lowest BCUT2D eigenvalue weighted by Gasteiger charge is -2.20. The van der Waals surface area contributed by atoms with Crippen LogP contribution in [0, 0.1) is 6.92 Å². The highest BCUT2D eigenvalue weighted by molar-refractivity contribution is 6.06. The third-order valence-electron chi connectivity index (χ3n) is 4.91. The fourth-order valence-corrected chi connectivity index (χ4v) is 3.32. The van der Waals surface area contributed by atoms with Crippen molar-refractivity contribution in [3.05, 3.63) is 53.1 Å². The Labute approximate surface area is 159 Å². The lowest BCUT2D eigenvalue weighted by atomic mass is 10.1. The third-order valence-corrected chi connectivity index (χ3v) is 4.91. The second-order valence-electron chi connectivity index (χ2n) is 8.27. The van der Waals surface area contributed by atoms with Gasteiger partial charge in [-0.1, -0.05) is 0 Å². The van der Waals surface area contributed by atoms with E-state index in [1.54, 1.807) is 12.4 Å². The number of carbonyl (C=O) groups excluding carboxylic acids is 1. The number of hydrogen-bond donors (Lipinski definition) is 1. The highest BCUT2D eigenvalue weighted by atomic mass is 16.1. The predicted molar refractivity (Wildman–Crippen MR) is 105 cm³/mol. The van der Waals surface area contributed by atoms with Crippen molar-refractivity contribution in [2.24, 2.45) is 0 Å². The van der Waals surface area contributed by atoms with Crippen molar-refractivity contribution in [2.45, 2.75) is 58.5 Å². The van der Waals surface area contributed by atoms with Gasteiger partial charge in [-0.3, -0.25) is 9.78 Å². The van der Waals surface area contributed by atoms with Crippen molar-refractivity contribution >= 4 is 16.9 Å². The van der Waals surface area contributed by atoms with E-state index >= 15 is 0 Å². The summed E-state index contributed by atoms with van der Waals surface area (Å²) in [7, 11) is 0. The Morgan fingerprint density at radius 1 is 1.26 bits per heavy atom. The summed E-state index contributed by atoms with van der Waals surface area (Å²) in [6.07, 6.45) is 5.74. The van der Waals surface area contributed by atoms with Gasteiger partial charge < -0.3 is 5.32 Å². The fourth-order valence-electron chi connectivity index (χ4n) is 3.32. The van der Waals surface area contributed by atoms with E-state index in [0.717, 1.165) is 40.8 Å². The molecule has 1 aliphatic rings. The molecule has 6 heteroatoms. The van der Waals surface area contributed by atoms with Crippen LogP contribution in [-0.2, 0) is 12.1 Å². The summed E-state index contributed by atoms with van der Waals surface area (Å²) < 4.78 is 1.95. The van der Waals surface area contributed by atoms with Crippen LogP contribution in [0.2, 0.25) is 0 Å². The van der Waals surface area contributed by atoms with Crippen molar-refractivity contribution in [2.75, 3.05) is 0 Å². The van der Waals surface area contributed by atoms with Crippen LogP contribution in [0.15, 0.2) is 30.6 Å². The average Bonchev–Trinajstić information content (AvgIpc) is 3.43. The molecular formula is C21H25N5O. The minimum absolute atomic E-state index is 0.0855. The second-order valence-corrected chi connectivity index (χ2v) is 8.27. The van der Waals surface area contributed by atoms with E-state index < -0.39 is 0 Å². The number of pyridine rings is 2. The molecule has 1 saturated carbocycles. The second kappa shape index (κ2) is 6.44. The van der Waals surface area contributed by atoms with Crippen LogP contribution in [0.25, 0.3) is 11.0 Å². The first-order chi connectivity index (χ1) is 12.8. The quantitative estimate of drug-likeness (QED) is 0.767. The summed E-state index contributed by atoms with van der Waals surface area (Å²) in [6, 6.07) is 5.77. The number of nitrogens with one attached hydrogen (secondary N) is 1. The summed E-state index contributed by atoms with van der Waals surface area (Å²) in [4.78, 5) is 22.0. The molecule has 140 valence electrons. The van der Waals surface area contributed by atoms with Gasteiger partial charge in [-0.05, 0) is 64.3 Å². The number of rotatable bonds is 4. The molecule has 1 fully saturated rings. The van der Waals surface area contributed by atoms with E-state index in [1.807, 2.05) is 29.8 Å². The number of aromatic nitrogens is 4. The van der Waals surface area contributed by atoms with Gasteiger partial charge in [0.05, 0.1) is 22.2 Å². The average molecular weight is 363 g/mol. The first kappa shape index (κ1) is 17.6. The Bertz CT molecular complexity index is 997. The van der Waals surface area contributed by atoms with Gasteiger partial charge in [0, 0.05) is 30.6 Å². The molecule has 0 spiro atoms. The van der Waals surface area contributed by atoms with Gasteiger partial charge >= 0.3 is 0 Å². The first-order valence-electron chi connectivity index (χ1n) is 9.42. The van der Waals surface area contributed by atoms with Crippen LogP contribution >= 0.6 is 0 Å². The molecule has 0 unspecified atom stereocenters. The van der Waals surface area contributed by atoms with E-state index in [4.69, 9.17) is 10.1 Å². The lowest BCUT2D eigenvalue weighted by Crippen LogP contribution is -2.25. The van der Waals surface area contributed by atoms with Gasteiger partial charge in [0.1, 0.15) is 0 Å². The van der Waals surface area contributed by atoms with Gasteiger partial charge in [0.15, 0.2) is 5.65 Å². The van der Waals surface area contributed by atoms with Gasteiger partial charge in [0.2, 0.25) is 0 Å². The Hall–Kier alpha value is -2.76. The number of carbonyl (C=O) groups is 1. The molecule has 6 nitrogen and oxygen atoms in total. The van der Waals surface area contributed by atoms with E-state index in [-0.39, 0.29) is 11.4 Å². The molecule has 0 bridgehead atoms. The molecule has 3 aromatic heterocycles. The zero-order chi connectivity index (χ0) is 19.2. The lowest BCUT2D eigenvalue weighted by molar-refractivity contribution is 0.0952. The summed E-state index contributed by atoms with van der Waals surface area (Å²) in [6.45, 7) is 8.73. The summed E-state index contributed by atoms with van der Waals surface area (Å²) in [5, 5.41) is 8.60. The molecule has 0 atom stereocenters. The molecule has 3 aromatic rings. The molecule has 1 aliphatic carbocycles. The Balaban J connectivity index is 1.76. The van der Waals surface area contributed by atoms with Crippen LogP contribution in [0.1, 0.15) is 66.8 Å². The maximum atomic E-state index is 13.0. The van der Waals surface area contributed by atoms with Crippen LogP contribution in [0.5, 0.6) is 0 Å². The zero-order valence-electron chi connectivity index (χ0n) is 16.3. The normalized spacial score (nSPS) is 14.5. The highest BCUT2D eigenvalue weighted by Crippen LogP contribution is 2.41. The van der Waals surface area contributed by atoms with Crippen LogP contribution in [-0.4, -0.2) is 25.7 Å². The SMILES string of the molecule is Cc1nn(C(C)(C)C)c2nc(C3CC3)cc(C(=O)NCc3ccncc3)c12. The number of hydrogen-bond acceptors (Lipinski definition) is 4. The van der Waals surface area contributed by atoms with Crippen LogP contribution in [0.4, 0.5) is 0 Å². The molecular weight excluding hydrogens is 338 g/mol. The van der Waals surface area contributed by atoms with Crippen LogP contribution < -0.4 is 5.32 Å². The summed E-state index contributed by atoms with van der Waals surface area (Å²) in [5.74, 6) is 0.377. The fraction of sp³-hybridized carbons (Fsp3) is 0.429. The van der Waals surface area contributed by atoms with E-state index in [1.165, 1.54) is 0 Å². The van der Waals surface area contributed by atoms with Crippen LogP contribution in [0.3, 0.4) is 0 Å². The Morgan fingerprint density at radius 2 is 1.96 bits per heavy atom. The van der Waals surface area contributed by atoms with E-state index in [9.17, 15) is 4.79 Å². The van der Waals surface area contributed by atoms with Crippen molar-refractivity contribution in [1.82, 2.24) is 25.1 Å². The Morgan fingerprint density at radius 3 is 2.59 bits per heavy atom. The van der Waals surface area contributed by atoms with Gasteiger partial charge in [0.25, 0.3) is 5.91 Å². The van der Waals surface area contributed by atoms with Gasteiger partial charge in [-0.25, -0.2) is 9.67 Å². The van der Waals surface area contributed by atoms with Gasteiger partial charge in [-0.2, -0.15) is 5.10 Å². The molecule has 1 amide bonds. The number of aryl methyl sites for hydroxylation is 1. The molecule has 3 heterocycles. The molecule has 1 N–H and O–H groups in total. The molecule has 4 rings (SSSR count). The molecule has 27 heavy (non-hydrogen) atoms. The molecule has 0 saturated heterocycles. The summed E-state index contributed by atoms with van der Waals surface area (Å²) >= 11 is 0. The zero-order valence-corrected chi connectivity index (χ0v) is 16.3. The van der Waals surface area contributed by atoms with Gasteiger partial charge in [-0.15, -0.1) is 0 Å².